The van der Waals surface area contributed by atoms with Crippen molar-refractivity contribution in [3.63, 3.8) is 0 Å². The van der Waals surface area contributed by atoms with Gasteiger partial charge in [0, 0.05) is 25.3 Å². The van der Waals surface area contributed by atoms with Crippen molar-refractivity contribution < 1.29 is 4.79 Å². The maximum Gasteiger partial charge on any atom is 0.265 e. The van der Waals surface area contributed by atoms with Crippen LogP contribution in [0.25, 0.3) is 16.7 Å². The fraction of sp³-hybridized carbons (Fsp3) is 0.368. The number of fused-ring (bicyclic) bond motifs is 2. The van der Waals surface area contributed by atoms with Gasteiger partial charge in [-0.05, 0) is 25.0 Å². The molecule has 1 saturated heterocycles. The third-order valence-electron chi connectivity index (χ3n) is 5.24. The predicted molar refractivity (Wildman–Crippen MR) is 103 cm³/mol. The maximum atomic E-state index is 13.1. The minimum absolute atomic E-state index is 0.110. The van der Waals surface area contributed by atoms with Crippen molar-refractivity contribution in [2.75, 3.05) is 18.8 Å². The number of hydrogen-bond acceptors (Lipinski definition) is 5. The average Bonchev–Trinajstić information content (AvgIpc) is 3.42. The lowest BCUT2D eigenvalue weighted by atomic mass is 10.2. The normalized spacial score (nSPS) is 19.0. The summed E-state index contributed by atoms with van der Waals surface area (Å²) < 4.78 is 3.39. The van der Waals surface area contributed by atoms with Gasteiger partial charge in [0.05, 0.1) is 17.9 Å². The predicted octanol–water partition coefficient (Wildman–Crippen LogP) is 2.24. The summed E-state index contributed by atoms with van der Waals surface area (Å²) in [6, 6.07) is 9.53. The number of hydrogen-bond donors (Lipinski definition) is 0. The lowest BCUT2D eigenvalue weighted by molar-refractivity contribution is -0.130. The number of carbonyl (C=O) groups is 1. The first kappa shape index (κ1) is 16.6. The molecular weight excluding hydrogens is 362 g/mol. The number of carbonyl (C=O) groups excluding carboxylic acids is 1. The second-order valence-corrected chi connectivity index (χ2v) is 7.94. The SMILES string of the molecule is O=C(C[C@H]1CSc2nc3c(cnn3-c3ccccc3)c(=O)n21)N1CCCC1. The maximum absolute atomic E-state index is 13.1. The summed E-state index contributed by atoms with van der Waals surface area (Å²) >= 11 is 1.54. The fourth-order valence-corrected chi connectivity index (χ4v) is 4.97. The fourth-order valence-electron chi connectivity index (χ4n) is 3.84. The van der Waals surface area contributed by atoms with Crippen LogP contribution in [0.2, 0.25) is 0 Å². The molecule has 1 atom stereocenters. The first-order valence-corrected chi connectivity index (χ1v) is 10.2. The molecule has 3 aromatic rings. The highest BCUT2D eigenvalue weighted by Gasteiger charge is 2.31. The van der Waals surface area contributed by atoms with Gasteiger partial charge in [0.2, 0.25) is 5.91 Å². The van der Waals surface area contributed by atoms with Crippen LogP contribution < -0.4 is 5.56 Å². The molecule has 0 spiro atoms. The number of para-hydroxylation sites is 1. The van der Waals surface area contributed by atoms with Crippen molar-refractivity contribution >= 4 is 28.7 Å². The molecule has 0 saturated carbocycles. The van der Waals surface area contributed by atoms with Crippen LogP contribution in [0.5, 0.6) is 0 Å². The Morgan fingerprint density at radius 2 is 1.96 bits per heavy atom. The topological polar surface area (TPSA) is 73.0 Å². The van der Waals surface area contributed by atoms with Gasteiger partial charge in [-0.3, -0.25) is 14.2 Å². The van der Waals surface area contributed by atoms with Gasteiger partial charge in [0.25, 0.3) is 5.56 Å². The molecule has 1 aromatic carbocycles. The molecule has 5 rings (SSSR count). The molecule has 0 radical (unpaired) electrons. The summed E-state index contributed by atoms with van der Waals surface area (Å²) in [6.07, 6.45) is 4.08. The summed E-state index contributed by atoms with van der Waals surface area (Å²) in [6.45, 7) is 1.67. The highest BCUT2D eigenvalue weighted by atomic mass is 32.2. The zero-order valence-corrected chi connectivity index (χ0v) is 15.6. The quantitative estimate of drug-likeness (QED) is 0.651. The standard InChI is InChI=1S/C19H19N5O2S/c25-16(22-8-4-5-9-22)10-14-12-27-19-21-17-15(18(26)23(14)19)11-20-24(17)13-6-2-1-3-7-13/h1-3,6-7,11,14H,4-5,8-10,12H2/t14-/m0/s1. The Morgan fingerprint density at radius 1 is 1.19 bits per heavy atom. The van der Waals surface area contributed by atoms with Gasteiger partial charge in [-0.2, -0.15) is 5.10 Å². The molecule has 4 heterocycles. The lowest BCUT2D eigenvalue weighted by Gasteiger charge is -2.19. The Bertz CT molecular complexity index is 1070. The molecule has 1 amide bonds. The van der Waals surface area contributed by atoms with Crippen molar-refractivity contribution in [1.82, 2.24) is 24.2 Å². The van der Waals surface area contributed by atoms with Crippen molar-refractivity contribution in [3.05, 3.63) is 46.9 Å². The van der Waals surface area contributed by atoms with Crippen LogP contribution in [0, 0.1) is 0 Å². The van der Waals surface area contributed by atoms with Gasteiger partial charge in [-0.25, -0.2) is 9.67 Å². The average molecular weight is 381 g/mol. The smallest absolute Gasteiger partial charge is 0.265 e. The molecule has 0 aliphatic carbocycles. The van der Waals surface area contributed by atoms with Crippen LogP contribution in [0.3, 0.4) is 0 Å². The Morgan fingerprint density at radius 3 is 2.74 bits per heavy atom. The third kappa shape index (κ3) is 2.75. The van der Waals surface area contributed by atoms with Gasteiger partial charge < -0.3 is 4.90 Å². The molecule has 0 N–H and O–H groups in total. The minimum Gasteiger partial charge on any atom is -0.343 e. The molecular formula is C19H19N5O2S. The number of benzene rings is 1. The van der Waals surface area contributed by atoms with Crippen molar-refractivity contribution in [3.8, 4) is 5.69 Å². The Labute approximate surface area is 160 Å². The van der Waals surface area contributed by atoms with E-state index in [4.69, 9.17) is 4.98 Å². The van der Waals surface area contributed by atoms with E-state index in [1.165, 1.54) is 11.8 Å². The number of nitrogens with zero attached hydrogens (tertiary/aromatic N) is 5. The molecule has 138 valence electrons. The van der Waals surface area contributed by atoms with E-state index in [-0.39, 0.29) is 17.5 Å². The van der Waals surface area contributed by atoms with Crippen molar-refractivity contribution in [2.45, 2.75) is 30.5 Å². The Kier molecular flexibility index (Phi) is 4.00. The van der Waals surface area contributed by atoms with E-state index in [0.717, 1.165) is 31.6 Å². The molecule has 7 nitrogen and oxygen atoms in total. The van der Waals surface area contributed by atoms with E-state index in [2.05, 4.69) is 5.10 Å². The van der Waals surface area contributed by atoms with E-state index in [1.54, 1.807) is 15.4 Å². The molecule has 0 unspecified atom stereocenters. The summed E-state index contributed by atoms with van der Waals surface area (Å²) in [7, 11) is 0. The highest BCUT2D eigenvalue weighted by molar-refractivity contribution is 7.99. The largest absolute Gasteiger partial charge is 0.343 e. The summed E-state index contributed by atoms with van der Waals surface area (Å²) in [5, 5.41) is 5.53. The van der Waals surface area contributed by atoms with Gasteiger partial charge in [0.1, 0.15) is 5.39 Å². The number of thioether (sulfide) groups is 1. The van der Waals surface area contributed by atoms with E-state index in [9.17, 15) is 9.59 Å². The van der Waals surface area contributed by atoms with E-state index < -0.39 is 0 Å². The van der Waals surface area contributed by atoms with Gasteiger partial charge in [-0.1, -0.05) is 30.0 Å². The molecule has 27 heavy (non-hydrogen) atoms. The van der Waals surface area contributed by atoms with Gasteiger partial charge >= 0.3 is 0 Å². The van der Waals surface area contributed by atoms with Crippen LogP contribution in [0.15, 0.2) is 46.5 Å². The molecule has 0 bridgehead atoms. The number of aromatic nitrogens is 4. The Balaban J connectivity index is 1.52. The van der Waals surface area contributed by atoms with Crippen LogP contribution in [-0.2, 0) is 4.79 Å². The number of amides is 1. The van der Waals surface area contributed by atoms with E-state index in [0.29, 0.717) is 28.4 Å². The molecule has 2 aromatic heterocycles. The Hall–Kier alpha value is -2.61. The van der Waals surface area contributed by atoms with Crippen LogP contribution in [0.4, 0.5) is 0 Å². The van der Waals surface area contributed by atoms with Crippen LogP contribution in [-0.4, -0.2) is 49.0 Å². The lowest BCUT2D eigenvalue weighted by Crippen LogP contribution is -2.32. The van der Waals surface area contributed by atoms with Crippen LogP contribution >= 0.6 is 11.8 Å². The van der Waals surface area contributed by atoms with Crippen molar-refractivity contribution in [2.24, 2.45) is 0 Å². The van der Waals surface area contributed by atoms with Crippen molar-refractivity contribution in [1.29, 1.82) is 0 Å². The van der Waals surface area contributed by atoms with E-state index in [1.807, 2.05) is 35.2 Å². The zero-order chi connectivity index (χ0) is 18.4. The van der Waals surface area contributed by atoms with Crippen LogP contribution in [0.1, 0.15) is 25.3 Å². The van der Waals surface area contributed by atoms with Gasteiger partial charge in [-0.15, -0.1) is 0 Å². The molecule has 2 aliphatic heterocycles. The highest BCUT2D eigenvalue weighted by Crippen LogP contribution is 2.34. The summed E-state index contributed by atoms with van der Waals surface area (Å²) in [5.41, 5.74) is 1.32. The number of rotatable bonds is 3. The first-order chi connectivity index (χ1) is 13.2. The monoisotopic (exact) mass is 381 g/mol. The second kappa shape index (κ2) is 6.53. The van der Waals surface area contributed by atoms with Gasteiger partial charge in [0.15, 0.2) is 10.8 Å². The minimum atomic E-state index is -0.137. The second-order valence-electron chi connectivity index (χ2n) is 6.96. The molecule has 1 fully saturated rings. The summed E-state index contributed by atoms with van der Waals surface area (Å²) in [4.78, 5) is 32.3. The van der Waals surface area contributed by atoms with E-state index >= 15 is 0 Å². The number of likely N-dealkylation sites (tertiary alicyclic amines) is 1. The first-order valence-electron chi connectivity index (χ1n) is 9.18. The molecule has 8 heteroatoms. The molecule has 2 aliphatic rings. The summed E-state index contributed by atoms with van der Waals surface area (Å²) in [5.74, 6) is 0.839. The zero-order valence-electron chi connectivity index (χ0n) is 14.7. The third-order valence-corrected chi connectivity index (χ3v) is 6.34.